The quantitative estimate of drug-likeness (QED) is 0.332. The zero-order valence-electron chi connectivity index (χ0n) is 10.2. The lowest BCUT2D eigenvalue weighted by atomic mass is 10.2. The zero-order valence-corrected chi connectivity index (χ0v) is 13.3. The van der Waals surface area contributed by atoms with E-state index in [0.29, 0.717) is 10.0 Å². The average Bonchev–Trinajstić information content (AvgIpc) is 2.88. The van der Waals surface area contributed by atoms with Crippen molar-refractivity contribution in [3.8, 4) is 11.5 Å². The second-order valence-corrected chi connectivity index (χ2v) is 5.33. The first-order valence-corrected chi connectivity index (χ1v) is 6.85. The summed E-state index contributed by atoms with van der Waals surface area (Å²) in [5.41, 5.74) is 11.4. The molecule has 9 nitrogen and oxygen atoms in total. The Morgan fingerprint density at radius 3 is 2.62 bits per heavy atom. The third-order valence-electron chi connectivity index (χ3n) is 2.32. The summed E-state index contributed by atoms with van der Waals surface area (Å²) in [6, 6.07) is 1.46. The largest absolute Gasteiger partial charge is 0.506 e. The number of nitrogens with zero attached hydrogens (tertiary/aromatic N) is 4. The summed E-state index contributed by atoms with van der Waals surface area (Å²) in [7, 11) is 0. The van der Waals surface area contributed by atoms with Gasteiger partial charge >= 0.3 is 0 Å². The minimum Gasteiger partial charge on any atom is -0.506 e. The third-order valence-corrected chi connectivity index (χ3v) is 3.67. The molecule has 6 N–H and O–H groups in total. The van der Waals surface area contributed by atoms with Gasteiger partial charge in [-0.05, 0) is 48.2 Å². The highest BCUT2D eigenvalue weighted by Crippen LogP contribution is 2.40. The number of halogens is 2. The van der Waals surface area contributed by atoms with Crippen molar-refractivity contribution in [1.29, 1.82) is 0 Å². The maximum absolute atomic E-state index is 9.84. The molecule has 0 atom stereocenters. The summed E-state index contributed by atoms with van der Waals surface area (Å²) in [6.45, 7) is 0. The van der Waals surface area contributed by atoms with Gasteiger partial charge in [-0.1, -0.05) is 0 Å². The smallest absolute Gasteiger partial charge is 0.199 e. The number of phenolic OH excluding ortho intramolecular Hbond substituents is 2. The average molecular weight is 420 g/mol. The van der Waals surface area contributed by atoms with Gasteiger partial charge in [-0.15, -0.1) is 5.10 Å². The summed E-state index contributed by atoms with van der Waals surface area (Å²) < 4.78 is 4.87. The van der Waals surface area contributed by atoms with Crippen LogP contribution in [0.3, 0.4) is 0 Å². The minimum absolute atomic E-state index is 0.00980. The minimum atomic E-state index is -0.198. The van der Waals surface area contributed by atoms with E-state index in [1.807, 2.05) is 0 Å². The van der Waals surface area contributed by atoms with E-state index in [-0.39, 0.29) is 33.3 Å². The van der Waals surface area contributed by atoms with E-state index in [2.05, 4.69) is 57.0 Å². The summed E-state index contributed by atoms with van der Waals surface area (Å²) in [4.78, 5) is 0. The molecule has 21 heavy (non-hydrogen) atoms. The molecule has 0 saturated carbocycles. The van der Waals surface area contributed by atoms with Gasteiger partial charge in [0.2, 0.25) is 0 Å². The molecule has 0 bridgehead atoms. The van der Waals surface area contributed by atoms with Crippen LogP contribution < -0.4 is 11.5 Å². The van der Waals surface area contributed by atoms with Gasteiger partial charge in [0, 0.05) is 5.56 Å². The van der Waals surface area contributed by atoms with Crippen molar-refractivity contribution in [2.24, 2.45) is 15.9 Å². The summed E-state index contributed by atoms with van der Waals surface area (Å²) >= 11 is 6.18. The van der Waals surface area contributed by atoms with Crippen molar-refractivity contribution in [3.05, 3.63) is 26.3 Å². The normalized spacial score (nSPS) is 12.2. The van der Waals surface area contributed by atoms with Gasteiger partial charge in [0.25, 0.3) is 0 Å². The maximum Gasteiger partial charge on any atom is 0.199 e. The topological polar surface area (TPSA) is 156 Å². The molecule has 0 unspecified atom stereocenters. The molecule has 0 fully saturated rings. The number of amidine groups is 1. The van der Waals surface area contributed by atoms with Crippen molar-refractivity contribution < 1.29 is 14.8 Å². The van der Waals surface area contributed by atoms with E-state index in [4.69, 9.17) is 11.5 Å². The number of nitrogens with two attached hydrogens (primary N) is 2. The summed E-state index contributed by atoms with van der Waals surface area (Å²) in [6.07, 6.45) is 1.24. The van der Waals surface area contributed by atoms with Gasteiger partial charge in [-0.2, -0.15) is 5.10 Å². The number of phenols is 2. The number of aromatic hydroxyl groups is 2. The fraction of sp³-hybridized carbons (Fsp3) is 0. The van der Waals surface area contributed by atoms with E-state index < -0.39 is 0 Å². The number of anilines is 1. The molecule has 0 spiro atoms. The van der Waals surface area contributed by atoms with Gasteiger partial charge in [0.05, 0.1) is 10.7 Å². The number of aromatic nitrogens is 2. The van der Waals surface area contributed by atoms with Crippen LogP contribution in [0.1, 0.15) is 11.3 Å². The maximum atomic E-state index is 9.84. The van der Waals surface area contributed by atoms with E-state index in [9.17, 15) is 10.2 Å². The molecular formula is C10H8Br2N6O3. The SMILES string of the molecule is N/C(=N/N=C/c1cc(Br)c(O)c(Br)c1O)c1nonc1N. The fourth-order valence-corrected chi connectivity index (χ4v) is 2.44. The standard InChI is InChI=1S/C10H8Br2N6O3/c11-4-1-3(7(19)5(12)8(4)20)2-15-16-9(13)6-10(14)18-21-17-6/h1-2,19-20H,(H2,13,16)(H2,14,18)/b15-2+. The first kappa shape index (κ1) is 15.3. The molecule has 0 aliphatic carbocycles. The van der Waals surface area contributed by atoms with Crippen LogP contribution in [-0.4, -0.2) is 32.6 Å². The number of rotatable bonds is 3. The Hall–Kier alpha value is -2.14. The first-order chi connectivity index (χ1) is 9.91. The number of benzene rings is 1. The summed E-state index contributed by atoms with van der Waals surface area (Å²) in [5.74, 6) is -0.434. The second-order valence-electron chi connectivity index (χ2n) is 3.69. The molecule has 0 aliphatic heterocycles. The number of hydrogen-bond acceptors (Lipinski definition) is 8. The van der Waals surface area contributed by atoms with Crippen LogP contribution in [0.25, 0.3) is 0 Å². The molecule has 0 aliphatic rings. The van der Waals surface area contributed by atoms with Crippen molar-refractivity contribution in [1.82, 2.24) is 10.3 Å². The van der Waals surface area contributed by atoms with Crippen LogP contribution in [-0.2, 0) is 0 Å². The van der Waals surface area contributed by atoms with Gasteiger partial charge in [0.1, 0.15) is 16.0 Å². The highest BCUT2D eigenvalue weighted by molar-refractivity contribution is 9.11. The van der Waals surface area contributed by atoms with E-state index in [1.165, 1.54) is 12.3 Å². The van der Waals surface area contributed by atoms with E-state index in [0.717, 1.165) is 0 Å². The summed E-state index contributed by atoms with van der Waals surface area (Å²) in [5, 5.41) is 33.6. The number of hydrogen-bond donors (Lipinski definition) is 4. The zero-order chi connectivity index (χ0) is 15.6. The predicted octanol–water partition coefficient (Wildman–Crippen LogP) is 1.33. The third kappa shape index (κ3) is 3.13. The van der Waals surface area contributed by atoms with Gasteiger partial charge in [-0.25, -0.2) is 4.63 Å². The molecular weight excluding hydrogens is 412 g/mol. The lowest BCUT2D eigenvalue weighted by molar-refractivity contribution is 0.308. The van der Waals surface area contributed by atoms with Crippen LogP contribution in [0.2, 0.25) is 0 Å². The van der Waals surface area contributed by atoms with E-state index >= 15 is 0 Å². The van der Waals surface area contributed by atoms with Crippen molar-refractivity contribution >= 4 is 49.7 Å². The van der Waals surface area contributed by atoms with Crippen molar-refractivity contribution in [2.45, 2.75) is 0 Å². The molecule has 0 radical (unpaired) electrons. The Morgan fingerprint density at radius 1 is 1.29 bits per heavy atom. The van der Waals surface area contributed by atoms with Gasteiger partial charge < -0.3 is 21.7 Å². The fourth-order valence-electron chi connectivity index (χ4n) is 1.29. The van der Waals surface area contributed by atoms with Crippen LogP contribution in [0.4, 0.5) is 5.82 Å². The Morgan fingerprint density at radius 2 is 2.00 bits per heavy atom. The Labute approximate surface area is 134 Å². The number of nitrogen functional groups attached to an aromatic ring is 1. The molecule has 110 valence electrons. The van der Waals surface area contributed by atoms with Crippen molar-refractivity contribution in [3.63, 3.8) is 0 Å². The molecule has 1 heterocycles. The highest BCUT2D eigenvalue weighted by Gasteiger charge is 2.13. The predicted molar refractivity (Wildman–Crippen MR) is 82.2 cm³/mol. The molecule has 1 aromatic heterocycles. The van der Waals surface area contributed by atoms with Crippen molar-refractivity contribution in [2.75, 3.05) is 5.73 Å². The van der Waals surface area contributed by atoms with Gasteiger partial charge in [0.15, 0.2) is 17.3 Å². The van der Waals surface area contributed by atoms with E-state index in [1.54, 1.807) is 0 Å². The molecule has 2 rings (SSSR count). The van der Waals surface area contributed by atoms with Crippen LogP contribution >= 0.6 is 31.9 Å². The van der Waals surface area contributed by atoms with Crippen LogP contribution in [0.15, 0.2) is 29.8 Å². The van der Waals surface area contributed by atoms with Crippen LogP contribution in [0.5, 0.6) is 11.5 Å². The molecule has 2 aromatic rings. The lowest BCUT2D eigenvalue weighted by Gasteiger charge is -2.05. The highest BCUT2D eigenvalue weighted by atomic mass is 79.9. The molecule has 1 aromatic carbocycles. The first-order valence-electron chi connectivity index (χ1n) is 5.26. The molecule has 11 heteroatoms. The Kier molecular flexibility index (Phi) is 4.43. The lowest BCUT2D eigenvalue weighted by Crippen LogP contribution is -2.15. The monoisotopic (exact) mass is 418 g/mol. The Bertz CT molecular complexity index is 743. The van der Waals surface area contributed by atoms with Crippen LogP contribution in [0, 0.1) is 0 Å². The molecule has 0 saturated heterocycles. The van der Waals surface area contributed by atoms with Gasteiger partial charge in [-0.3, -0.25) is 0 Å². The second kappa shape index (κ2) is 6.10. The Balaban J connectivity index is 2.29. The molecule has 0 amide bonds.